The zero-order valence-electron chi connectivity index (χ0n) is 13.0. The molecule has 1 heterocycles. The quantitative estimate of drug-likeness (QED) is 0.882. The van der Waals surface area contributed by atoms with E-state index in [0.29, 0.717) is 12.0 Å². The lowest BCUT2D eigenvalue weighted by Gasteiger charge is -2.40. The summed E-state index contributed by atoms with van der Waals surface area (Å²) < 4.78 is 6.43. The summed E-state index contributed by atoms with van der Waals surface area (Å²) in [4.78, 5) is 0. The highest BCUT2D eigenvalue weighted by Gasteiger charge is 2.42. The lowest BCUT2D eigenvalue weighted by atomic mass is 9.85. The first kappa shape index (κ1) is 13.9. The maximum absolute atomic E-state index is 6.43. The average molecular weight is 273 g/mol. The summed E-state index contributed by atoms with van der Waals surface area (Å²) in [6.45, 7) is 7.79. The molecule has 2 heteroatoms. The first-order chi connectivity index (χ1) is 9.58. The van der Waals surface area contributed by atoms with Gasteiger partial charge in [0.25, 0.3) is 0 Å². The fourth-order valence-electron chi connectivity index (χ4n) is 3.68. The Hall–Kier alpha value is -1.02. The fourth-order valence-corrected chi connectivity index (χ4v) is 3.68. The normalized spacial score (nSPS) is 23.9. The monoisotopic (exact) mass is 273 g/mol. The van der Waals surface area contributed by atoms with Crippen molar-refractivity contribution in [2.24, 2.45) is 5.92 Å². The minimum Gasteiger partial charge on any atom is -0.487 e. The van der Waals surface area contributed by atoms with Gasteiger partial charge in [0.05, 0.1) is 0 Å². The Morgan fingerprint density at radius 2 is 2.05 bits per heavy atom. The zero-order chi connectivity index (χ0) is 14.2. The number of hydrogen-bond acceptors (Lipinski definition) is 2. The van der Waals surface area contributed by atoms with Crippen molar-refractivity contribution < 1.29 is 4.74 Å². The molecule has 2 nitrogen and oxygen atoms in total. The third-order valence-electron chi connectivity index (χ3n) is 4.73. The van der Waals surface area contributed by atoms with Gasteiger partial charge < -0.3 is 10.1 Å². The van der Waals surface area contributed by atoms with E-state index in [2.05, 4.69) is 44.3 Å². The number of benzene rings is 1. The Kier molecular flexibility index (Phi) is 3.76. The minimum absolute atomic E-state index is 0.108. The van der Waals surface area contributed by atoms with E-state index in [9.17, 15) is 0 Å². The average Bonchev–Trinajstić information content (AvgIpc) is 2.85. The predicted molar refractivity (Wildman–Crippen MR) is 83.2 cm³/mol. The lowest BCUT2D eigenvalue weighted by Crippen LogP contribution is -2.42. The molecule has 0 amide bonds. The van der Waals surface area contributed by atoms with Gasteiger partial charge >= 0.3 is 0 Å². The molecule has 2 aliphatic rings. The Morgan fingerprint density at radius 3 is 2.75 bits per heavy atom. The highest BCUT2D eigenvalue weighted by molar-refractivity contribution is 5.42. The van der Waals surface area contributed by atoms with E-state index in [1.807, 2.05) is 0 Å². The van der Waals surface area contributed by atoms with E-state index in [4.69, 9.17) is 4.74 Å². The number of aryl methyl sites for hydroxylation is 1. The molecule has 110 valence electrons. The van der Waals surface area contributed by atoms with Crippen LogP contribution in [0.4, 0.5) is 0 Å². The summed E-state index contributed by atoms with van der Waals surface area (Å²) in [6, 6.07) is 7.11. The third-order valence-corrected chi connectivity index (χ3v) is 4.73. The summed E-state index contributed by atoms with van der Waals surface area (Å²) in [5.41, 5.74) is 2.80. The molecule has 1 atom stereocenters. The summed E-state index contributed by atoms with van der Waals surface area (Å²) in [5.74, 6) is 1.80. The van der Waals surface area contributed by atoms with Gasteiger partial charge in [0.1, 0.15) is 11.4 Å². The standard InChI is InChI=1S/C18H27NO/c1-13(2)12-19-16-11-18(8-4-5-9-18)20-17-7-6-14(3)10-15(16)17/h6-7,10,13,16,19H,4-5,8-9,11-12H2,1-3H3. The number of ether oxygens (including phenoxy) is 1. The Labute approximate surface area is 122 Å². The second-order valence-electron chi connectivity index (χ2n) is 7.09. The molecule has 3 rings (SSSR count). The summed E-state index contributed by atoms with van der Waals surface area (Å²) in [5, 5.41) is 3.78. The second kappa shape index (κ2) is 5.40. The smallest absolute Gasteiger partial charge is 0.124 e. The molecule has 1 aromatic rings. The number of hydrogen-bond donors (Lipinski definition) is 1. The van der Waals surface area contributed by atoms with E-state index >= 15 is 0 Å². The van der Waals surface area contributed by atoms with Crippen LogP contribution in [-0.2, 0) is 0 Å². The summed E-state index contributed by atoms with van der Waals surface area (Å²) in [6.07, 6.45) is 6.21. The van der Waals surface area contributed by atoms with E-state index in [0.717, 1.165) is 18.7 Å². The minimum atomic E-state index is 0.108. The summed E-state index contributed by atoms with van der Waals surface area (Å²) in [7, 11) is 0. The van der Waals surface area contributed by atoms with Crippen LogP contribution in [0.25, 0.3) is 0 Å². The van der Waals surface area contributed by atoms with Gasteiger partial charge in [-0.15, -0.1) is 0 Å². The van der Waals surface area contributed by atoms with Crippen molar-refractivity contribution in [3.63, 3.8) is 0 Å². The van der Waals surface area contributed by atoms with E-state index in [1.165, 1.54) is 36.8 Å². The van der Waals surface area contributed by atoms with Crippen LogP contribution < -0.4 is 10.1 Å². The van der Waals surface area contributed by atoms with Crippen molar-refractivity contribution >= 4 is 0 Å². The molecule has 0 aromatic heterocycles. The lowest BCUT2D eigenvalue weighted by molar-refractivity contribution is 0.0363. The topological polar surface area (TPSA) is 21.3 Å². The van der Waals surface area contributed by atoms with Crippen LogP contribution in [0.3, 0.4) is 0 Å². The van der Waals surface area contributed by atoms with Gasteiger partial charge in [-0.3, -0.25) is 0 Å². The molecule has 20 heavy (non-hydrogen) atoms. The van der Waals surface area contributed by atoms with Gasteiger partial charge in [-0.2, -0.15) is 0 Å². The molecule has 0 bridgehead atoms. The van der Waals surface area contributed by atoms with Gasteiger partial charge in [-0.1, -0.05) is 31.5 Å². The van der Waals surface area contributed by atoms with Crippen LogP contribution in [0.5, 0.6) is 5.75 Å². The number of fused-ring (bicyclic) bond motifs is 1. The summed E-state index contributed by atoms with van der Waals surface area (Å²) >= 11 is 0. The molecule has 0 saturated heterocycles. The molecule has 1 aliphatic carbocycles. The van der Waals surface area contributed by atoms with Crippen molar-refractivity contribution in [3.05, 3.63) is 29.3 Å². The molecule has 1 fully saturated rings. The van der Waals surface area contributed by atoms with Crippen molar-refractivity contribution in [2.45, 2.75) is 64.5 Å². The molecule has 1 saturated carbocycles. The highest BCUT2D eigenvalue weighted by Crippen LogP contribution is 2.47. The molecule has 1 unspecified atom stereocenters. The SMILES string of the molecule is Cc1ccc2c(c1)C(NCC(C)C)CC1(CCCC1)O2. The number of rotatable bonds is 3. The molecular formula is C18H27NO. The largest absolute Gasteiger partial charge is 0.487 e. The van der Waals surface area contributed by atoms with Crippen LogP contribution in [0.1, 0.15) is 63.1 Å². The van der Waals surface area contributed by atoms with Crippen LogP contribution >= 0.6 is 0 Å². The first-order valence-corrected chi connectivity index (χ1v) is 8.11. The predicted octanol–water partition coefficient (Wildman–Crippen LogP) is 4.38. The fraction of sp³-hybridized carbons (Fsp3) is 0.667. The molecule has 0 radical (unpaired) electrons. The van der Waals surface area contributed by atoms with Crippen LogP contribution in [0.2, 0.25) is 0 Å². The van der Waals surface area contributed by atoms with E-state index in [1.54, 1.807) is 0 Å². The third kappa shape index (κ3) is 2.71. The molecule has 1 spiro atoms. The van der Waals surface area contributed by atoms with Crippen molar-refractivity contribution in [1.29, 1.82) is 0 Å². The van der Waals surface area contributed by atoms with Crippen molar-refractivity contribution in [3.8, 4) is 5.75 Å². The maximum atomic E-state index is 6.43. The zero-order valence-corrected chi connectivity index (χ0v) is 13.0. The second-order valence-corrected chi connectivity index (χ2v) is 7.09. The Morgan fingerprint density at radius 1 is 1.30 bits per heavy atom. The van der Waals surface area contributed by atoms with Gasteiger partial charge in [0.2, 0.25) is 0 Å². The van der Waals surface area contributed by atoms with E-state index in [-0.39, 0.29) is 5.60 Å². The van der Waals surface area contributed by atoms with Crippen molar-refractivity contribution in [1.82, 2.24) is 5.32 Å². The van der Waals surface area contributed by atoms with Crippen LogP contribution in [-0.4, -0.2) is 12.1 Å². The Balaban J connectivity index is 1.88. The molecular weight excluding hydrogens is 246 g/mol. The first-order valence-electron chi connectivity index (χ1n) is 8.11. The van der Waals surface area contributed by atoms with Crippen LogP contribution in [0.15, 0.2) is 18.2 Å². The molecule has 1 aromatic carbocycles. The Bertz CT molecular complexity index is 474. The highest BCUT2D eigenvalue weighted by atomic mass is 16.5. The van der Waals surface area contributed by atoms with Crippen LogP contribution in [0, 0.1) is 12.8 Å². The van der Waals surface area contributed by atoms with Crippen molar-refractivity contribution in [2.75, 3.05) is 6.54 Å². The molecule has 1 aliphatic heterocycles. The van der Waals surface area contributed by atoms with Gasteiger partial charge in [0.15, 0.2) is 0 Å². The number of nitrogens with one attached hydrogen (secondary N) is 1. The van der Waals surface area contributed by atoms with Gasteiger partial charge in [0, 0.05) is 18.0 Å². The van der Waals surface area contributed by atoms with E-state index < -0.39 is 0 Å². The molecule has 1 N–H and O–H groups in total. The maximum Gasteiger partial charge on any atom is 0.124 e. The van der Waals surface area contributed by atoms with Gasteiger partial charge in [-0.25, -0.2) is 0 Å². The van der Waals surface area contributed by atoms with Gasteiger partial charge in [-0.05, 0) is 51.1 Å².